The Bertz CT molecular complexity index is 321. The molecule has 1 nitrogen and oxygen atoms in total. The second kappa shape index (κ2) is 8.36. The van der Waals surface area contributed by atoms with Gasteiger partial charge in [-0.3, -0.25) is 4.98 Å². The van der Waals surface area contributed by atoms with Gasteiger partial charge in [0.1, 0.15) is 0 Å². The Morgan fingerprint density at radius 1 is 1.19 bits per heavy atom. The zero-order chi connectivity index (χ0) is 11.3. The quantitative estimate of drug-likeness (QED) is 0.757. The Balaban J connectivity index is 0.00000225. The van der Waals surface area contributed by atoms with Crippen LogP contribution < -0.4 is 0 Å². The van der Waals surface area contributed by atoms with Crippen molar-refractivity contribution >= 4 is 0 Å². The molecule has 0 aliphatic carbocycles. The fraction of sp³-hybridized carbons (Fsp3) is 0.571. The standard InChI is InChI=1S/C14H21N.Y/c1-5-8-13-12(7-3)10-11(4)15-14(13)9-6-2;/h3,5-9H2,1-2,4H3;/q-2;. The Morgan fingerprint density at radius 2 is 1.81 bits per heavy atom. The molecular weight excluding hydrogens is 271 g/mol. The molecule has 0 amide bonds. The monoisotopic (exact) mass is 292 g/mol. The number of hydrogen-bond donors (Lipinski definition) is 0. The van der Waals surface area contributed by atoms with Crippen molar-refractivity contribution in [2.45, 2.75) is 52.9 Å². The van der Waals surface area contributed by atoms with Gasteiger partial charge in [-0.15, -0.1) is 0 Å². The normalized spacial score (nSPS) is 10.0. The van der Waals surface area contributed by atoms with Gasteiger partial charge in [0.25, 0.3) is 0 Å². The fourth-order valence-corrected chi connectivity index (χ4v) is 1.97. The van der Waals surface area contributed by atoms with Gasteiger partial charge in [0.05, 0.1) is 0 Å². The molecule has 1 rings (SSSR count). The SMILES string of the molecule is [CH2-]Cc1[c-]c(C)nc(CCC)c1CCC.[Y]. The molecule has 0 fully saturated rings. The summed E-state index contributed by atoms with van der Waals surface area (Å²) in [5, 5.41) is 0. The van der Waals surface area contributed by atoms with E-state index in [-0.39, 0.29) is 32.7 Å². The molecule has 0 saturated carbocycles. The number of hydrogen-bond acceptors (Lipinski definition) is 1. The van der Waals surface area contributed by atoms with E-state index in [0.717, 1.165) is 31.4 Å². The van der Waals surface area contributed by atoms with Gasteiger partial charge in [-0.25, -0.2) is 11.6 Å². The molecule has 0 aliphatic rings. The summed E-state index contributed by atoms with van der Waals surface area (Å²) >= 11 is 0. The molecule has 87 valence electrons. The van der Waals surface area contributed by atoms with E-state index in [9.17, 15) is 0 Å². The van der Waals surface area contributed by atoms with Crippen LogP contribution in [0.4, 0.5) is 0 Å². The van der Waals surface area contributed by atoms with E-state index >= 15 is 0 Å². The van der Waals surface area contributed by atoms with Crippen molar-refractivity contribution in [1.82, 2.24) is 4.98 Å². The van der Waals surface area contributed by atoms with Gasteiger partial charge in [0.2, 0.25) is 0 Å². The fourth-order valence-electron chi connectivity index (χ4n) is 1.97. The summed E-state index contributed by atoms with van der Waals surface area (Å²) in [6.07, 6.45) is 5.35. The van der Waals surface area contributed by atoms with Crippen LogP contribution in [0.25, 0.3) is 0 Å². The summed E-state index contributed by atoms with van der Waals surface area (Å²) in [6.45, 7) is 10.4. The Hall–Kier alpha value is 0.254. The molecule has 0 atom stereocenters. The van der Waals surface area contributed by atoms with Crippen LogP contribution >= 0.6 is 0 Å². The molecule has 1 radical (unpaired) electrons. The van der Waals surface area contributed by atoms with E-state index in [1.165, 1.54) is 23.2 Å². The first-order valence-corrected chi connectivity index (χ1v) is 5.92. The second-order valence-electron chi connectivity index (χ2n) is 3.98. The van der Waals surface area contributed by atoms with E-state index in [1.54, 1.807) is 0 Å². The molecule has 0 unspecified atom stereocenters. The minimum absolute atomic E-state index is 0. The minimum Gasteiger partial charge on any atom is -0.342 e. The molecule has 1 heterocycles. The van der Waals surface area contributed by atoms with E-state index in [4.69, 9.17) is 0 Å². The van der Waals surface area contributed by atoms with Gasteiger partial charge in [-0.2, -0.15) is 12.0 Å². The Kier molecular flexibility index (Phi) is 8.49. The van der Waals surface area contributed by atoms with E-state index in [1.807, 2.05) is 6.92 Å². The van der Waals surface area contributed by atoms with Crippen LogP contribution in [0.3, 0.4) is 0 Å². The Morgan fingerprint density at radius 3 is 2.31 bits per heavy atom. The van der Waals surface area contributed by atoms with Crippen LogP contribution in [0.5, 0.6) is 0 Å². The van der Waals surface area contributed by atoms with Crippen LogP contribution in [0.2, 0.25) is 0 Å². The maximum absolute atomic E-state index is 4.61. The number of rotatable bonds is 5. The predicted octanol–water partition coefficient (Wildman–Crippen LogP) is 3.47. The molecule has 0 aliphatic heterocycles. The van der Waals surface area contributed by atoms with Crippen LogP contribution in [-0.2, 0) is 52.0 Å². The molecule has 1 aromatic rings. The van der Waals surface area contributed by atoms with Crippen molar-refractivity contribution in [3.63, 3.8) is 0 Å². The van der Waals surface area contributed by atoms with Crippen molar-refractivity contribution in [3.05, 3.63) is 35.5 Å². The molecule has 0 saturated heterocycles. The summed E-state index contributed by atoms with van der Waals surface area (Å²) < 4.78 is 0. The Labute approximate surface area is 125 Å². The summed E-state index contributed by atoms with van der Waals surface area (Å²) in [5.74, 6) is 0. The first-order chi connectivity index (χ1) is 7.22. The van der Waals surface area contributed by atoms with Gasteiger partial charge in [0, 0.05) is 32.7 Å². The van der Waals surface area contributed by atoms with Crippen molar-refractivity contribution in [2.24, 2.45) is 0 Å². The number of pyridine rings is 1. The summed E-state index contributed by atoms with van der Waals surface area (Å²) in [7, 11) is 0. The molecule has 2 heteroatoms. The summed E-state index contributed by atoms with van der Waals surface area (Å²) in [5.41, 5.74) is 4.96. The van der Waals surface area contributed by atoms with E-state index in [0.29, 0.717) is 0 Å². The molecule has 16 heavy (non-hydrogen) atoms. The third kappa shape index (κ3) is 4.26. The third-order valence-corrected chi connectivity index (χ3v) is 2.58. The van der Waals surface area contributed by atoms with Gasteiger partial charge >= 0.3 is 0 Å². The average molecular weight is 292 g/mol. The molecule has 1 aromatic heterocycles. The average Bonchev–Trinajstić information content (AvgIpc) is 2.22. The maximum atomic E-state index is 4.61. The molecule has 0 aromatic carbocycles. The van der Waals surface area contributed by atoms with Gasteiger partial charge in [0.15, 0.2) is 0 Å². The number of nitrogens with zero attached hydrogens (tertiary/aromatic N) is 1. The minimum atomic E-state index is 0. The van der Waals surface area contributed by atoms with Crippen molar-refractivity contribution in [3.8, 4) is 0 Å². The molecule has 0 N–H and O–H groups in total. The van der Waals surface area contributed by atoms with Crippen LogP contribution in [0, 0.1) is 19.9 Å². The van der Waals surface area contributed by atoms with Gasteiger partial charge < -0.3 is 6.92 Å². The largest absolute Gasteiger partial charge is 0.342 e. The van der Waals surface area contributed by atoms with Crippen molar-refractivity contribution in [1.29, 1.82) is 0 Å². The predicted molar refractivity (Wildman–Crippen MR) is 64.9 cm³/mol. The molecule has 0 bridgehead atoms. The molecular formula is C14H21NY-2. The van der Waals surface area contributed by atoms with E-state index < -0.39 is 0 Å². The first kappa shape index (κ1) is 16.3. The third-order valence-electron chi connectivity index (χ3n) is 2.58. The number of aryl methyl sites for hydroxylation is 2. The number of aromatic nitrogens is 1. The summed E-state index contributed by atoms with van der Waals surface area (Å²) in [4.78, 5) is 4.61. The van der Waals surface area contributed by atoms with Crippen molar-refractivity contribution < 1.29 is 32.7 Å². The van der Waals surface area contributed by atoms with Crippen LogP contribution in [0.15, 0.2) is 0 Å². The van der Waals surface area contributed by atoms with Gasteiger partial charge in [-0.1, -0.05) is 38.8 Å². The van der Waals surface area contributed by atoms with Crippen LogP contribution in [-0.4, -0.2) is 4.98 Å². The van der Waals surface area contributed by atoms with Gasteiger partial charge in [-0.05, 0) is 19.0 Å². The zero-order valence-corrected chi connectivity index (χ0v) is 13.6. The van der Waals surface area contributed by atoms with E-state index in [2.05, 4.69) is 31.8 Å². The first-order valence-electron chi connectivity index (χ1n) is 5.92. The van der Waals surface area contributed by atoms with Crippen molar-refractivity contribution in [2.75, 3.05) is 0 Å². The molecule has 0 spiro atoms. The topological polar surface area (TPSA) is 12.9 Å². The smallest absolute Gasteiger partial charge is 0 e. The van der Waals surface area contributed by atoms with Crippen LogP contribution in [0.1, 0.15) is 49.2 Å². The zero-order valence-electron chi connectivity index (χ0n) is 10.8. The summed E-state index contributed by atoms with van der Waals surface area (Å²) in [6, 6.07) is 3.34. The second-order valence-corrected chi connectivity index (χ2v) is 3.98. The maximum Gasteiger partial charge on any atom is 0 e.